The molecule has 110 valence electrons. The van der Waals surface area contributed by atoms with E-state index in [0.717, 1.165) is 55.3 Å². The summed E-state index contributed by atoms with van der Waals surface area (Å²) in [5, 5.41) is 2.90. The number of rotatable bonds is 2. The second kappa shape index (κ2) is 4.63. The van der Waals surface area contributed by atoms with Crippen LogP contribution in [-0.4, -0.2) is 58.0 Å². The Kier molecular flexibility index (Phi) is 2.75. The van der Waals surface area contributed by atoms with Gasteiger partial charge in [0.2, 0.25) is 0 Å². The number of carbonyl (C=O) groups is 1. The molecular formula is C14H18N6O. The van der Waals surface area contributed by atoms with Gasteiger partial charge in [0.1, 0.15) is 5.82 Å². The van der Waals surface area contributed by atoms with Gasteiger partial charge in [-0.2, -0.15) is 0 Å². The first-order chi connectivity index (χ1) is 10.2. The Hall–Kier alpha value is -2.28. The highest BCUT2D eigenvalue weighted by molar-refractivity contribution is 5.78. The predicted octanol–water partition coefficient (Wildman–Crippen LogP) is 0.355. The molecule has 0 bridgehead atoms. The number of nitrogens with one attached hydrogen (secondary N) is 2. The van der Waals surface area contributed by atoms with E-state index in [1.165, 1.54) is 0 Å². The lowest BCUT2D eigenvalue weighted by molar-refractivity contribution is 0.115. The number of amides is 2. The summed E-state index contributed by atoms with van der Waals surface area (Å²) in [5.41, 5.74) is 8.44. The van der Waals surface area contributed by atoms with Gasteiger partial charge in [-0.25, -0.2) is 9.78 Å². The minimum absolute atomic E-state index is 0.0684. The van der Waals surface area contributed by atoms with Crippen LogP contribution in [-0.2, 0) is 6.54 Å². The summed E-state index contributed by atoms with van der Waals surface area (Å²) >= 11 is 0. The van der Waals surface area contributed by atoms with E-state index in [0.29, 0.717) is 0 Å². The fraction of sp³-hybridized carbons (Fsp3) is 0.429. The van der Waals surface area contributed by atoms with Gasteiger partial charge < -0.3 is 20.9 Å². The van der Waals surface area contributed by atoms with E-state index >= 15 is 0 Å². The zero-order valence-corrected chi connectivity index (χ0v) is 11.7. The monoisotopic (exact) mass is 286 g/mol. The van der Waals surface area contributed by atoms with Gasteiger partial charge in [0.25, 0.3) is 0 Å². The van der Waals surface area contributed by atoms with E-state index in [2.05, 4.69) is 20.2 Å². The van der Waals surface area contributed by atoms with Gasteiger partial charge in [0.15, 0.2) is 0 Å². The zero-order chi connectivity index (χ0) is 14.4. The van der Waals surface area contributed by atoms with Crippen LogP contribution in [0.15, 0.2) is 18.2 Å². The van der Waals surface area contributed by atoms with Crippen LogP contribution >= 0.6 is 0 Å². The molecule has 2 aromatic rings. The third-order valence-electron chi connectivity index (χ3n) is 4.24. The topological polar surface area (TPSA) is 90.3 Å². The molecule has 2 aliphatic rings. The van der Waals surface area contributed by atoms with Crippen LogP contribution in [0.1, 0.15) is 5.82 Å². The molecule has 1 unspecified atom stereocenters. The fourth-order valence-electron chi connectivity index (χ4n) is 3.18. The van der Waals surface area contributed by atoms with E-state index < -0.39 is 0 Å². The first-order valence-electron chi connectivity index (χ1n) is 7.20. The van der Waals surface area contributed by atoms with Crippen molar-refractivity contribution in [1.82, 2.24) is 25.1 Å². The summed E-state index contributed by atoms with van der Waals surface area (Å²) in [7, 11) is 0. The molecule has 7 heteroatoms. The summed E-state index contributed by atoms with van der Waals surface area (Å²) in [5.74, 6) is 0.946. The van der Waals surface area contributed by atoms with Crippen LogP contribution in [0.2, 0.25) is 0 Å². The first kappa shape index (κ1) is 12.5. The van der Waals surface area contributed by atoms with Gasteiger partial charge in [0.05, 0.1) is 23.6 Å². The lowest BCUT2D eigenvalue weighted by Crippen LogP contribution is -2.51. The van der Waals surface area contributed by atoms with Crippen molar-refractivity contribution in [3.05, 3.63) is 24.0 Å². The van der Waals surface area contributed by atoms with Crippen molar-refractivity contribution in [3.63, 3.8) is 0 Å². The molecule has 4 rings (SSSR count). The van der Waals surface area contributed by atoms with Gasteiger partial charge in [-0.1, -0.05) is 0 Å². The lowest BCUT2D eigenvalue weighted by atomic mass is 10.2. The number of fused-ring (bicyclic) bond motifs is 2. The van der Waals surface area contributed by atoms with Crippen LogP contribution in [0.4, 0.5) is 10.5 Å². The van der Waals surface area contributed by atoms with E-state index in [4.69, 9.17) is 5.73 Å². The molecule has 2 saturated heterocycles. The third kappa shape index (κ3) is 2.19. The standard InChI is InChI=1S/C14H18N6O/c15-9-1-2-11-12(5-9)18-13(17-11)8-19-3-4-20-10(7-19)6-16-14(20)21/h1-2,5,10H,3-4,6-8,15H2,(H,16,21)(H,17,18). The number of hydrogen-bond acceptors (Lipinski definition) is 4. The van der Waals surface area contributed by atoms with E-state index in [9.17, 15) is 4.79 Å². The van der Waals surface area contributed by atoms with E-state index in [1.54, 1.807) is 0 Å². The Balaban J connectivity index is 1.49. The maximum Gasteiger partial charge on any atom is 0.317 e. The number of hydrogen-bond donors (Lipinski definition) is 3. The van der Waals surface area contributed by atoms with Crippen LogP contribution in [0.5, 0.6) is 0 Å². The maximum absolute atomic E-state index is 11.6. The number of piperazine rings is 1. The molecule has 2 fully saturated rings. The fourth-order valence-corrected chi connectivity index (χ4v) is 3.18. The molecule has 0 aliphatic carbocycles. The third-order valence-corrected chi connectivity index (χ3v) is 4.24. The van der Waals surface area contributed by atoms with E-state index in [-0.39, 0.29) is 12.1 Å². The number of imidazole rings is 1. The van der Waals surface area contributed by atoms with Gasteiger partial charge >= 0.3 is 6.03 Å². The van der Waals surface area contributed by atoms with Crippen molar-refractivity contribution in [2.24, 2.45) is 0 Å². The minimum atomic E-state index is 0.0684. The molecule has 2 aliphatic heterocycles. The molecule has 0 spiro atoms. The number of anilines is 1. The quantitative estimate of drug-likeness (QED) is 0.695. The van der Waals surface area contributed by atoms with Crippen molar-refractivity contribution in [3.8, 4) is 0 Å². The highest BCUT2D eigenvalue weighted by atomic mass is 16.2. The Labute approximate surface area is 122 Å². The van der Waals surface area contributed by atoms with E-state index in [1.807, 2.05) is 23.1 Å². The summed E-state index contributed by atoms with van der Waals surface area (Å²) in [6, 6.07) is 6.05. The number of nitrogens with two attached hydrogens (primary N) is 1. The van der Waals surface area contributed by atoms with Gasteiger partial charge in [0, 0.05) is 31.9 Å². The van der Waals surface area contributed by atoms with Crippen molar-refractivity contribution in [2.75, 3.05) is 31.9 Å². The second-order valence-electron chi connectivity index (χ2n) is 5.73. The van der Waals surface area contributed by atoms with Crippen molar-refractivity contribution in [2.45, 2.75) is 12.6 Å². The largest absolute Gasteiger partial charge is 0.399 e. The smallest absolute Gasteiger partial charge is 0.317 e. The molecular weight excluding hydrogens is 268 g/mol. The Morgan fingerprint density at radius 2 is 2.29 bits per heavy atom. The molecule has 3 heterocycles. The Morgan fingerprint density at radius 1 is 1.38 bits per heavy atom. The normalized spacial score (nSPS) is 22.6. The Morgan fingerprint density at radius 3 is 3.19 bits per heavy atom. The number of urea groups is 1. The highest BCUT2D eigenvalue weighted by Crippen LogP contribution is 2.18. The first-order valence-corrected chi connectivity index (χ1v) is 7.20. The SMILES string of the molecule is Nc1ccc2nc(CN3CCN4C(=O)NCC4C3)[nH]c2c1. The number of nitrogens with zero attached hydrogens (tertiary/aromatic N) is 3. The van der Waals surface area contributed by atoms with Crippen LogP contribution in [0, 0.1) is 0 Å². The molecule has 21 heavy (non-hydrogen) atoms. The van der Waals surface area contributed by atoms with Crippen LogP contribution < -0.4 is 11.1 Å². The van der Waals surface area contributed by atoms with Crippen molar-refractivity contribution in [1.29, 1.82) is 0 Å². The van der Waals surface area contributed by atoms with Crippen LogP contribution in [0.25, 0.3) is 11.0 Å². The number of aromatic amines is 1. The lowest BCUT2D eigenvalue weighted by Gasteiger charge is -2.35. The number of aromatic nitrogens is 2. The molecule has 0 radical (unpaired) electrons. The molecule has 2 amide bonds. The number of H-pyrrole nitrogens is 1. The maximum atomic E-state index is 11.6. The van der Waals surface area contributed by atoms with Crippen molar-refractivity contribution >= 4 is 22.8 Å². The second-order valence-corrected chi connectivity index (χ2v) is 5.73. The molecule has 1 aromatic heterocycles. The molecule has 0 saturated carbocycles. The zero-order valence-electron chi connectivity index (χ0n) is 11.7. The average Bonchev–Trinajstić information content (AvgIpc) is 3.02. The predicted molar refractivity (Wildman–Crippen MR) is 79.7 cm³/mol. The molecule has 1 aromatic carbocycles. The molecule has 7 nitrogen and oxygen atoms in total. The summed E-state index contributed by atoms with van der Waals surface area (Å²) in [4.78, 5) is 23.8. The molecule has 4 N–H and O–H groups in total. The van der Waals surface area contributed by atoms with Gasteiger partial charge in [-0.15, -0.1) is 0 Å². The van der Waals surface area contributed by atoms with Gasteiger partial charge in [-0.05, 0) is 18.2 Å². The summed E-state index contributed by atoms with van der Waals surface area (Å²) in [6.07, 6.45) is 0. The highest BCUT2D eigenvalue weighted by Gasteiger charge is 2.35. The summed E-state index contributed by atoms with van der Waals surface area (Å²) in [6.45, 7) is 4.06. The average molecular weight is 286 g/mol. The minimum Gasteiger partial charge on any atom is -0.399 e. The number of nitrogen functional groups attached to an aromatic ring is 1. The summed E-state index contributed by atoms with van der Waals surface area (Å²) < 4.78 is 0. The number of carbonyl (C=O) groups excluding carboxylic acids is 1. The number of benzene rings is 1. The Bertz CT molecular complexity index is 696. The molecule has 1 atom stereocenters. The van der Waals surface area contributed by atoms with Crippen molar-refractivity contribution < 1.29 is 4.79 Å². The van der Waals surface area contributed by atoms with Gasteiger partial charge in [-0.3, -0.25) is 4.90 Å². The van der Waals surface area contributed by atoms with Crippen LogP contribution in [0.3, 0.4) is 0 Å².